The minimum Gasteiger partial charge on any atom is -0.497 e. The third-order valence-electron chi connectivity index (χ3n) is 3.36. The molecule has 0 saturated heterocycles. The summed E-state index contributed by atoms with van der Waals surface area (Å²) < 4.78 is 5.13. The largest absolute Gasteiger partial charge is 0.497 e. The summed E-state index contributed by atoms with van der Waals surface area (Å²) in [7, 11) is 1.63. The van der Waals surface area contributed by atoms with Gasteiger partial charge in [0.2, 0.25) is 0 Å². The smallest absolute Gasteiger partial charge is 0.118 e. The molecular formula is C17H18Cl2O2. The molecule has 0 aliphatic carbocycles. The summed E-state index contributed by atoms with van der Waals surface area (Å²) in [6.45, 7) is 1.79. The topological polar surface area (TPSA) is 29.5 Å². The number of hydrogen-bond acceptors (Lipinski definition) is 2. The van der Waals surface area contributed by atoms with Gasteiger partial charge in [0.25, 0.3) is 0 Å². The summed E-state index contributed by atoms with van der Waals surface area (Å²) in [5.41, 5.74) is 0.881. The Kier molecular flexibility index (Phi) is 5.15. The molecule has 0 radical (unpaired) electrons. The van der Waals surface area contributed by atoms with Gasteiger partial charge in [-0.2, -0.15) is 0 Å². The van der Waals surface area contributed by atoms with Crippen LogP contribution in [0.2, 0.25) is 10.0 Å². The van der Waals surface area contributed by atoms with Crippen LogP contribution in [0.5, 0.6) is 5.75 Å². The van der Waals surface area contributed by atoms with E-state index in [0.717, 1.165) is 16.9 Å². The molecule has 0 fully saturated rings. The molecule has 2 aromatic carbocycles. The Morgan fingerprint density at radius 2 is 1.57 bits per heavy atom. The summed E-state index contributed by atoms with van der Waals surface area (Å²) in [5.74, 6) is 0.799. The first-order chi connectivity index (χ1) is 9.91. The zero-order valence-corrected chi connectivity index (χ0v) is 13.6. The number of methoxy groups -OCH3 is 1. The molecule has 1 atom stereocenters. The van der Waals surface area contributed by atoms with Crippen LogP contribution in [0.1, 0.15) is 18.1 Å². The van der Waals surface area contributed by atoms with Crippen molar-refractivity contribution in [2.24, 2.45) is 0 Å². The SMILES string of the molecule is COc1ccc(CC(C)(O)Cc2c(Cl)cccc2Cl)cc1. The summed E-state index contributed by atoms with van der Waals surface area (Å²) in [4.78, 5) is 0. The van der Waals surface area contributed by atoms with Crippen molar-refractivity contribution in [2.45, 2.75) is 25.4 Å². The Labute approximate surface area is 135 Å². The molecule has 0 aliphatic heterocycles. The Morgan fingerprint density at radius 1 is 1.00 bits per heavy atom. The molecule has 1 N–H and O–H groups in total. The lowest BCUT2D eigenvalue weighted by Gasteiger charge is -2.24. The van der Waals surface area contributed by atoms with Gasteiger partial charge >= 0.3 is 0 Å². The summed E-state index contributed by atoms with van der Waals surface area (Å²) in [6.07, 6.45) is 0.913. The van der Waals surface area contributed by atoms with Crippen molar-refractivity contribution in [1.29, 1.82) is 0 Å². The lowest BCUT2D eigenvalue weighted by molar-refractivity contribution is 0.0608. The average Bonchev–Trinajstić information content (AvgIpc) is 2.43. The predicted molar refractivity (Wildman–Crippen MR) is 87.5 cm³/mol. The molecule has 2 rings (SSSR count). The molecule has 0 aliphatic rings. The highest BCUT2D eigenvalue weighted by Crippen LogP contribution is 2.29. The van der Waals surface area contributed by atoms with Gasteiger partial charge < -0.3 is 9.84 Å². The van der Waals surface area contributed by atoms with Crippen molar-refractivity contribution in [3.05, 3.63) is 63.6 Å². The zero-order chi connectivity index (χ0) is 15.5. The van der Waals surface area contributed by atoms with E-state index in [2.05, 4.69) is 0 Å². The normalized spacial score (nSPS) is 13.8. The second-order valence-corrected chi connectivity index (χ2v) is 6.21. The molecule has 2 aromatic rings. The first-order valence-corrected chi connectivity index (χ1v) is 7.45. The molecule has 0 amide bonds. The van der Waals surface area contributed by atoms with Gasteiger partial charge in [-0.05, 0) is 42.3 Å². The highest BCUT2D eigenvalue weighted by atomic mass is 35.5. The fourth-order valence-electron chi connectivity index (χ4n) is 2.33. The van der Waals surface area contributed by atoms with Crippen LogP contribution in [0.4, 0.5) is 0 Å². The summed E-state index contributed by atoms with van der Waals surface area (Å²) >= 11 is 12.3. The van der Waals surface area contributed by atoms with Crippen molar-refractivity contribution >= 4 is 23.2 Å². The predicted octanol–water partition coefficient (Wildman–Crippen LogP) is 4.54. The standard InChI is InChI=1S/C17H18Cl2O2/c1-17(20,10-12-6-8-13(21-2)9-7-12)11-14-15(18)4-3-5-16(14)19/h3-9,20H,10-11H2,1-2H3. The van der Waals surface area contributed by atoms with Gasteiger partial charge in [0.1, 0.15) is 5.75 Å². The van der Waals surface area contributed by atoms with E-state index in [1.807, 2.05) is 24.3 Å². The Bertz CT molecular complexity index is 586. The molecule has 21 heavy (non-hydrogen) atoms. The number of halogens is 2. The second kappa shape index (κ2) is 6.69. The molecule has 1 unspecified atom stereocenters. The van der Waals surface area contributed by atoms with Gasteiger partial charge in [-0.15, -0.1) is 0 Å². The van der Waals surface area contributed by atoms with Crippen molar-refractivity contribution in [3.63, 3.8) is 0 Å². The van der Waals surface area contributed by atoms with Crippen LogP contribution < -0.4 is 4.74 Å². The minimum absolute atomic E-state index is 0.400. The summed E-state index contributed by atoms with van der Waals surface area (Å²) in [6, 6.07) is 13.0. The molecule has 0 saturated carbocycles. The van der Waals surface area contributed by atoms with E-state index in [4.69, 9.17) is 27.9 Å². The second-order valence-electron chi connectivity index (χ2n) is 5.40. The average molecular weight is 325 g/mol. The van der Waals surface area contributed by atoms with Crippen molar-refractivity contribution in [1.82, 2.24) is 0 Å². The van der Waals surface area contributed by atoms with Gasteiger partial charge in [-0.1, -0.05) is 41.4 Å². The zero-order valence-electron chi connectivity index (χ0n) is 12.1. The van der Waals surface area contributed by atoms with Gasteiger partial charge in [-0.3, -0.25) is 0 Å². The highest BCUT2D eigenvalue weighted by molar-refractivity contribution is 6.36. The van der Waals surface area contributed by atoms with Crippen LogP contribution in [-0.4, -0.2) is 17.8 Å². The van der Waals surface area contributed by atoms with Crippen LogP contribution in [-0.2, 0) is 12.8 Å². The Morgan fingerprint density at radius 3 is 2.10 bits per heavy atom. The van der Waals surface area contributed by atoms with E-state index in [1.54, 1.807) is 32.2 Å². The van der Waals surface area contributed by atoms with Gasteiger partial charge in [0.05, 0.1) is 12.7 Å². The van der Waals surface area contributed by atoms with Crippen molar-refractivity contribution < 1.29 is 9.84 Å². The van der Waals surface area contributed by atoms with Crippen LogP contribution in [0.25, 0.3) is 0 Å². The molecule has 0 aromatic heterocycles. The number of ether oxygens (including phenoxy) is 1. The minimum atomic E-state index is -0.927. The quantitative estimate of drug-likeness (QED) is 0.875. The fraction of sp³-hybridized carbons (Fsp3) is 0.294. The first-order valence-electron chi connectivity index (χ1n) is 6.69. The third kappa shape index (κ3) is 4.37. The van der Waals surface area contributed by atoms with Crippen LogP contribution >= 0.6 is 23.2 Å². The highest BCUT2D eigenvalue weighted by Gasteiger charge is 2.24. The monoisotopic (exact) mass is 324 g/mol. The number of rotatable bonds is 5. The summed E-state index contributed by atoms with van der Waals surface area (Å²) in [5, 5.41) is 11.8. The molecule has 0 spiro atoms. The van der Waals surface area contributed by atoms with E-state index in [0.29, 0.717) is 22.9 Å². The van der Waals surface area contributed by atoms with Gasteiger partial charge in [-0.25, -0.2) is 0 Å². The van der Waals surface area contributed by atoms with E-state index in [1.165, 1.54) is 0 Å². The van der Waals surface area contributed by atoms with E-state index < -0.39 is 5.60 Å². The van der Waals surface area contributed by atoms with Crippen molar-refractivity contribution in [3.8, 4) is 5.75 Å². The van der Waals surface area contributed by atoms with E-state index >= 15 is 0 Å². The number of aliphatic hydroxyl groups is 1. The van der Waals surface area contributed by atoms with Gasteiger partial charge in [0.15, 0.2) is 0 Å². The Balaban J connectivity index is 2.14. The molecule has 4 heteroatoms. The maximum atomic E-state index is 10.6. The third-order valence-corrected chi connectivity index (χ3v) is 4.07. The van der Waals surface area contributed by atoms with E-state index in [-0.39, 0.29) is 0 Å². The van der Waals surface area contributed by atoms with Crippen LogP contribution in [0, 0.1) is 0 Å². The van der Waals surface area contributed by atoms with Crippen LogP contribution in [0.3, 0.4) is 0 Å². The van der Waals surface area contributed by atoms with Crippen molar-refractivity contribution in [2.75, 3.05) is 7.11 Å². The molecule has 0 heterocycles. The molecular weight excluding hydrogens is 307 g/mol. The molecule has 112 valence electrons. The number of hydrogen-bond donors (Lipinski definition) is 1. The molecule has 2 nitrogen and oxygen atoms in total. The Hall–Kier alpha value is -1.22. The van der Waals surface area contributed by atoms with Crippen LogP contribution in [0.15, 0.2) is 42.5 Å². The maximum Gasteiger partial charge on any atom is 0.118 e. The van der Waals surface area contributed by atoms with Gasteiger partial charge in [0, 0.05) is 22.9 Å². The fourth-order valence-corrected chi connectivity index (χ4v) is 2.86. The first kappa shape index (κ1) is 16.2. The number of benzene rings is 2. The maximum absolute atomic E-state index is 10.6. The molecule has 0 bridgehead atoms. The lowest BCUT2D eigenvalue weighted by atomic mass is 9.90. The van der Waals surface area contributed by atoms with E-state index in [9.17, 15) is 5.11 Å². The lowest BCUT2D eigenvalue weighted by Crippen LogP contribution is -2.30.